The predicted molar refractivity (Wildman–Crippen MR) is 87.3 cm³/mol. The van der Waals surface area contributed by atoms with Gasteiger partial charge in [-0.15, -0.1) is 11.3 Å². The van der Waals surface area contributed by atoms with E-state index in [1.807, 2.05) is 13.8 Å². The van der Waals surface area contributed by atoms with Crippen molar-refractivity contribution in [3.05, 3.63) is 15.8 Å². The van der Waals surface area contributed by atoms with E-state index < -0.39 is 10.0 Å². The van der Waals surface area contributed by atoms with Crippen LogP contribution >= 0.6 is 11.3 Å². The molecule has 0 aromatic carbocycles. The summed E-state index contributed by atoms with van der Waals surface area (Å²) >= 11 is 1.55. The molecule has 1 aliphatic heterocycles. The first-order valence-corrected chi connectivity index (χ1v) is 9.74. The van der Waals surface area contributed by atoms with Crippen molar-refractivity contribution in [2.45, 2.75) is 44.2 Å². The number of nitrogens with one attached hydrogen (secondary N) is 2. The zero-order valence-corrected chi connectivity index (χ0v) is 14.6. The van der Waals surface area contributed by atoms with E-state index in [2.05, 4.69) is 22.0 Å². The molecule has 1 atom stereocenters. The molecule has 0 saturated carbocycles. The van der Waals surface area contributed by atoms with Gasteiger partial charge in [0.25, 0.3) is 0 Å². The molecule has 0 aliphatic carbocycles. The predicted octanol–water partition coefficient (Wildman–Crippen LogP) is 1.54. The van der Waals surface area contributed by atoms with Crippen LogP contribution in [0.3, 0.4) is 0 Å². The molecule has 1 aromatic heterocycles. The van der Waals surface area contributed by atoms with E-state index in [1.54, 1.807) is 17.4 Å². The van der Waals surface area contributed by atoms with Crippen molar-refractivity contribution in [1.29, 1.82) is 0 Å². The Labute approximate surface area is 131 Å². The maximum absolute atomic E-state index is 12.5. The molecule has 2 heterocycles. The Morgan fingerprint density at radius 2 is 2.24 bits per heavy atom. The van der Waals surface area contributed by atoms with Gasteiger partial charge in [0.2, 0.25) is 10.0 Å². The topological polar surface area (TPSA) is 61.4 Å². The largest absolute Gasteiger partial charge is 0.312 e. The maximum atomic E-state index is 12.5. The van der Waals surface area contributed by atoms with Gasteiger partial charge in [0.1, 0.15) is 0 Å². The summed E-state index contributed by atoms with van der Waals surface area (Å²) in [5.74, 6) is 0. The van der Waals surface area contributed by atoms with Crippen LogP contribution in [0, 0.1) is 6.92 Å². The van der Waals surface area contributed by atoms with Crippen molar-refractivity contribution < 1.29 is 8.42 Å². The average molecular weight is 332 g/mol. The highest BCUT2D eigenvalue weighted by molar-refractivity contribution is 7.89. The first-order valence-electron chi connectivity index (χ1n) is 7.44. The van der Waals surface area contributed by atoms with Gasteiger partial charge >= 0.3 is 0 Å². The molecule has 1 aliphatic rings. The van der Waals surface area contributed by atoms with Gasteiger partial charge in [-0.05, 0) is 46.0 Å². The highest BCUT2D eigenvalue weighted by Crippen LogP contribution is 2.26. The molecule has 2 rings (SSSR count). The number of sulfonamides is 1. The summed E-state index contributed by atoms with van der Waals surface area (Å²) in [6.07, 6.45) is 2.21. The Hall–Kier alpha value is -0.470. The third kappa shape index (κ3) is 4.26. The minimum Gasteiger partial charge on any atom is -0.312 e. The Balaban J connectivity index is 2.03. The monoisotopic (exact) mass is 331 g/mol. The molecule has 1 saturated heterocycles. The highest BCUT2D eigenvalue weighted by atomic mass is 32.2. The summed E-state index contributed by atoms with van der Waals surface area (Å²) in [5, 5.41) is 3.23. The summed E-state index contributed by atoms with van der Waals surface area (Å²) < 4.78 is 27.7. The number of thiophene rings is 1. The van der Waals surface area contributed by atoms with Crippen LogP contribution in [0.1, 0.15) is 29.5 Å². The third-order valence-electron chi connectivity index (χ3n) is 3.94. The fourth-order valence-corrected chi connectivity index (χ4v) is 5.32. The molecule has 5 nitrogen and oxygen atoms in total. The van der Waals surface area contributed by atoms with Gasteiger partial charge in [-0.2, -0.15) is 0 Å². The smallest absolute Gasteiger partial charge is 0.241 e. The number of rotatable bonds is 7. The molecule has 0 bridgehead atoms. The maximum Gasteiger partial charge on any atom is 0.241 e. The second-order valence-corrected chi connectivity index (χ2v) is 8.62. The molecule has 1 aromatic rings. The Kier molecular flexibility index (Phi) is 5.79. The van der Waals surface area contributed by atoms with Crippen LogP contribution < -0.4 is 10.0 Å². The lowest BCUT2D eigenvalue weighted by Crippen LogP contribution is -2.38. The van der Waals surface area contributed by atoms with E-state index in [4.69, 9.17) is 0 Å². The van der Waals surface area contributed by atoms with Crippen LogP contribution in [-0.2, 0) is 16.6 Å². The highest BCUT2D eigenvalue weighted by Gasteiger charge is 2.25. The van der Waals surface area contributed by atoms with E-state index in [1.165, 1.54) is 0 Å². The molecule has 0 spiro atoms. The number of hydrogen-bond acceptors (Lipinski definition) is 5. The quantitative estimate of drug-likeness (QED) is 0.796. The van der Waals surface area contributed by atoms with Gasteiger partial charge in [-0.1, -0.05) is 6.92 Å². The van der Waals surface area contributed by atoms with Crippen molar-refractivity contribution in [2.75, 3.05) is 26.7 Å². The molecular weight excluding hydrogens is 306 g/mol. The van der Waals surface area contributed by atoms with E-state index in [-0.39, 0.29) is 0 Å². The molecule has 0 amide bonds. The minimum atomic E-state index is -3.40. The zero-order chi connectivity index (χ0) is 15.5. The molecule has 2 N–H and O–H groups in total. The van der Waals surface area contributed by atoms with Crippen LogP contribution in [0.5, 0.6) is 0 Å². The van der Waals surface area contributed by atoms with Gasteiger partial charge in [0.05, 0.1) is 4.90 Å². The first kappa shape index (κ1) is 16.9. The van der Waals surface area contributed by atoms with Crippen molar-refractivity contribution >= 4 is 21.4 Å². The van der Waals surface area contributed by atoms with Crippen LogP contribution in [-0.4, -0.2) is 46.0 Å². The lowest BCUT2D eigenvalue weighted by Gasteiger charge is -2.19. The number of hydrogen-bond donors (Lipinski definition) is 2. The van der Waals surface area contributed by atoms with Crippen LogP contribution in [0.15, 0.2) is 11.0 Å². The molecule has 0 radical (unpaired) electrons. The SMILES string of the molecule is CCNCc1cc(S(=O)(=O)NCC2CCCN2C)c(C)s1. The Morgan fingerprint density at radius 3 is 2.86 bits per heavy atom. The van der Waals surface area contributed by atoms with E-state index in [0.717, 1.165) is 42.2 Å². The first-order chi connectivity index (χ1) is 9.94. The van der Waals surface area contributed by atoms with Crippen LogP contribution in [0.2, 0.25) is 0 Å². The van der Waals surface area contributed by atoms with E-state index >= 15 is 0 Å². The van der Waals surface area contributed by atoms with Gasteiger partial charge < -0.3 is 10.2 Å². The lowest BCUT2D eigenvalue weighted by atomic mass is 10.2. The van der Waals surface area contributed by atoms with Gasteiger partial charge in [0, 0.05) is 28.9 Å². The van der Waals surface area contributed by atoms with Crippen molar-refractivity contribution in [1.82, 2.24) is 14.9 Å². The van der Waals surface area contributed by atoms with Crippen molar-refractivity contribution in [2.24, 2.45) is 0 Å². The van der Waals surface area contributed by atoms with Crippen molar-refractivity contribution in [3.8, 4) is 0 Å². The number of likely N-dealkylation sites (tertiary alicyclic amines) is 1. The van der Waals surface area contributed by atoms with Crippen LogP contribution in [0.4, 0.5) is 0 Å². The summed E-state index contributed by atoms with van der Waals surface area (Å²) in [5.41, 5.74) is 0. The summed E-state index contributed by atoms with van der Waals surface area (Å²) in [7, 11) is -1.35. The standard InChI is InChI=1S/C14H25N3O2S2/c1-4-15-10-13-8-14(11(2)20-13)21(18,19)16-9-12-6-5-7-17(12)3/h8,12,15-16H,4-7,9-10H2,1-3H3. The fraction of sp³-hybridized carbons (Fsp3) is 0.714. The Morgan fingerprint density at radius 1 is 1.48 bits per heavy atom. The van der Waals surface area contributed by atoms with Crippen molar-refractivity contribution in [3.63, 3.8) is 0 Å². The molecule has 21 heavy (non-hydrogen) atoms. The second kappa shape index (κ2) is 7.19. The number of aryl methyl sites for hydroxylation is 1. The lowest BCUT2D eigenvalue weighted by molar-refractivity contribution is 0.311. The number of likely N-dealkylation sites (N-methyl/N-ethyl adjacent to an activating group) is 1. The van der Waals surface area contributed by atoms with E-state index in [0.29, 0.717) is 17.5 Å². The Bertz CT molecular complexity index is 569. The van der Waals surface area contributed by atoms with Gasteiger partial charge in [-0.25, -0.2) is 13.1 Å². The summed E-state index contributed by atoms with van der Waals surface area (Å²) in [4.78, 5) is 4.57. The second-order valence-electron chi connectivity index (χ2n) is 5.54. The molecule has 1 unspecified atom stereocenters. The molecule has 7 heteroatoms. The molecular formula is C14H25N3O2S2. The minimum absolute atomic E-state index is 0.319. The summed E-state index contributed by atoms with van der Waals surface area (Å²) in [6.45, 7) is 7.07. The summed E-state index contributed by atoms with van der Waals surface area (Å²) in [6, 6.07) is 2.11. The molecule has 1 fully saturated rings. The third-order valence-corrected chi connectivity index (χ3v) is 6.67. The fourth-order valence-electron chi connectivity index (χ4n) is 2.65. The number of nitrogens with zero attached hydrogens (tertiary/aromatic N) is 1. The molecule has 120 valence electrons. The van der Waals surface area contributed by atoms with Gasteiger partial charge in [-0.3, -0.25) is 0 Å². The van der Waals surface area contributed by atoms with E-state index in [9.17, 15) is 8.42 Å². The average Bonchev–Trinajstić information content (AvgIpc) is 3.00. The van der Waals surface area contributed by atoms with Crippen LogP contribution in [0.25, 0.3) is 0 Å². The normalized spacial score (nSPS) is 20.2. The zero-order valence-electron chi connectivity index (χ0n) is 13.0. The van der Waals surface area contributed by atoms with Gasteiger partial charge in [0.15, 0.2) is 0 Å².